The first kappa shape index (κ1) is 18.0. The van der Waals surface area contributed by atoms with Crippen LogP contribution in [0.25, 0.3) is 0 Å². The largest absolute Gasteiger partial charge is 0.489 e. The molecule has 0 aliphatic rings. The van der Waals surface area contributed by atoms with Gasteiger partial charge in [0, 0.05) is 5.02 Å². The van der Waals surface area contributed by atoms with Gasteiger partial charge in [-0.25, -0.2) is 5.10 Å². The molecule has 3 aromatic rings. The molecule has 132 valence electrons. The van der Waals surface area contributed by atoms with Gasteiger partial charge in [-0.1, -0.05) is 35.3 Å². The number of hydrogen-bond donors (Lipinski definition) is 2. The summed E-state index contributed by atoms with van der Waals surface area (Å²) in [6.07, 6.45) is 2.98. The fourth-order valence-corrected chi connectivity index (χ4v) is 2.29. The number of ether oxygens (including phenoxy) is 1. The van der Waals surface area contributed by atoms with Gasteiger partial charge in [0.15, 0.2) is 0 Å². The van der Waals surface area contributed by atoms with E-state index in [1.165, 1.54) is 6.20 Å². The topological polar surface area (TPSA) is 79.4 Å². The third kappa shape index (κ3) is 4.84. The molecule has 0 spiro atoms. The maximum absolute atomic E-state index is 11.3. The van der Waals surface area contributed by atoms with Gasteiger partial charge in [-0.3, -0.25) is 10.2 Å². The van der Waals surface area contributed by atoms with E-state index >= 15 is 0 Å². The van der Waals surface area contributed by atoms with Gasteiger partial charge in [-0.15, -0.1) is 0 Å². The van der Waals surface area contributed by atoms with Crippen molar-refractivity contribution in [2.75, 3.05) is 5.43 Å². The molecule has 0 saturated carbocycles. The Hall–Kier alpha value is -2.83. The van der Waals surface area contributed by atoms with Gasteiger partial charge in [0.05, 0.1) is 12.4 Å². The smallest absolute Gasteiger partial charge is 0.285 e. The first-order valence-corrected chi connectivity index (χ1v) is 8.37. The van der Waals surface area contributed by atoms with Crippen molar-refractivity contribution in [2.45, 2.75) is 6.61 Å². The fourth-order valence-electron chi connectivity index (χ4n) is 2.04. The molecule has 1 aromatic heterocycles. The van der Waals surface area contributed by atoms with Crippen LogP contribution >= 0.6 is 23.2 Å². The zero-order valence-corrected chi connectivity index (χ0v) is 15.0. The van der Waals surface area contributed by atoms with Crippen LogP contribution in [0.5, 0.6) is 5.75 Å². The summed E-state index contributed by atoms with van der Waals surface area (Å²) < 4.78 is 5.72. The fraction of sp³-hybridized carbons (Fsp3) is 0.0556. The molecule has 0 unspecified atom stereocenters. The predicted molar refractivity (Wildman–Crippen MR) is 103 cm³/mol. The van der Waals surface area contributed by atoms with E-state index in [1.54, 1.807) is 6.21 Å². The number of halogens is 2. The molecule has 0 bridgehead atoms. The number of aromatic nitrogens is 2. The van der Waals surface area contributed by atoms with Gasteiger partial charge in [-0.05, 0) is 47.5 Å². The molecule has 0 atom stereocenters. The lowest BCUT2D eigenvalue weighted by Crippen LogP contribution is -2.10. The van der Waals surface area contributed by atoms with E-state index in [4.69, 9.17) is 27.9 Å². The van der Waals surface area contributed by atoms with Crippen LogP contribution in [0, 0.1) is 0 Å². The Balaban J connectivity index is 1.56. The summed E-state index contributed by atoms with van der Waals surface area (Å²) in [5.41, 5.74) is 4.42. The molecule has 2 N–H and O–H groups in total. The van der Waals surface area contributed by atoms with Crippen LogP contribution in [-0.2, 0) is 6.61 Å². The maximum Gasteiger partial charge on any atom is 0.285 e. The molecule has 8 heteroatoms. The number of benzene rings is 2. The molecule has 0 aliphatic heterocycles. The second kappa shape index (κ2) is 8.51. The van der Waals surface area contributed by atoms with Crippen LogP contribution in [0.3, 0.4) is 0 Å². The van der Waals surface area contributed by atoms with E-state index in [0.717, 1.165) is 16.9 Å². The molecular formula is C18H14Cl2N4O2. The average Bonchev–Trinajstić information content (AvgIpc) is 2.66. The van der Waals surface area contributed by atoms with Crippen molar-refractivity contribution < 1.29 is 4.74 Å². The van der Waals surface area contributed by atoms with Crippen molar-refractivity contribution >= 4 is 35.1 Å². The predicted octanol–water partition coefficient (Wildman–Crippen LogP) is 4.10. The Bertz CT molecular complexity index is 954. The third-order valence-corrected chi connectivity index (χ3v) is 4.02. The standard InChI is InChI=1S/C18H14Cl2N4O2/c19-14-5-1-13(2-6-14)11-26-15-7-3-12(4-8-15)9-21-23-16-10-22-24-18(25)17(16)20/h1-10H,11H2,(H2,23,24,25)/b21-9+. The van der Waals surface area contributed by atoms with Crippen LogP contribution in [-0.4, -0.2) is 16.4 Å². The highest BCUT2D eigenvalue weighted by Crippen LogP contribution is 2.16. The summed E-state index contributed by atoms with van der Waals surface area (Å²) in [6.45, 7) is 0.459. The lowest BCUT2D eigenvalue weighted by atomic mass is 10.2. The minimum absolute atomic E-state index is 0.00287. The Morgan fingerprint density at radius 3 is 2.58 bits per heavy atom. The van der Waals surface area contributed by atoms with Crippen LogP contribution in [0.1, 0.15) is 11.1 Å². The number of nitrogens with one attached hydrogen (secondary N) is 2. The molecule has 2 aromatic carbocycles. The summed E-state index contributed by atoms with van der Waals surface area (Å²) in [5.74, 6) is 0.742. The van der Waals surface area contributed by atoms with Crippen LogP contribution in [0.2, 0.25) is 10.0 Å². The molecule has 0 aliphatic carbocycles. The summed E-state index contributed by atoms with van der Waals surface area (Å²) in [5, 5.41) is 10.6. The van der Waals surface area contributed by atoms with Gasteiger partial charge >= 0.3 is 0 Å². The zero-order valence-electron chi connectivity index (χ0n) is 13.4. The van der Waals surface area contributed by atoms with Crippen LogP contribution in [0.15, 0.2) is 64.6 Å². The molecule has 0 saturated heterocycles. The molecule has 26 heavy (non-hydrogen) atoms. The zero-order chi connectivity index (χ0) is 18.4. The van der Waals surface area contributed by atoms with Crippen molar-refractivity contribution in [3.63, 3.8) is 0 Å². The summed E-state index contributed by atoms with van der Waals surface area (Å²) in [6, 6.07) is 14.9. The lowest BCUT2D eigenvalue weighted by Gasteiger charge is -2.06. The molecular weight excluding hydrogens is 375 g/mol. The van der Waals surface area contributed by atoms with E-state index in [9.17, 15) is 4.79 Å². The summed E-state index contributed by atoms with van der Waals surface area (Å²) in [7, 11) is 0. The Morgan fingerprint density at radius 1 is 1.12 bits per heavy atom. The highest BCUT2D eigenvalue weighted by molar-refractivity contribution is 6.32. The molecule has 1 heterocycles. The monoisotopic (exact) mass is 388 g/mol. The average molecular weight is 389 g/mol. The molecule has 0 radical (unpaired) electrons. The number of anilines is 1. The van der Waals surface area contributed by atoms with Crippen LogP contribution < -0.4 is 15.7 Å². The normalized spacial score (nSPS) is 10.8. The highest BCUT2D eigenvalue weighted by atomic mass is 35.5. The van der Waals surface area contributed by atoms with Crippen molar-refractivity contribution in [3.8, 4) is 5.75 Å². The molecule has 0 amide bonds. The van der Waals surface area contributed by atoms with Gasteiger partial charge in [-0.2, -0.15) is 10.2 Å². The van der Waals surface area contributed by atoms with E-state index in [1.807, 2.05) is 48.5 Å². The van der Waals surface area contributed by atoms with E-state index in [0.29, 0.717) is 17.3 Å². The minimum Gasteiger partial charge on any atom is -0.489 e. The second-order valence-corrected chi connectivity index (χ2v) is 6.10. The number of hydrogen-bond acceptors (Lipinski definition) is 5. The Labute approximate surface area is 159 Å². The lowest BCUT2D eigenvalue weighted by molar-refractivity contribution is 0.306. The van der Waals surface area contributed by atoms with E-state index in [2.05, 4.69) is 20.7 Å². The van der Waals surface area contributed by atoms with Crippen LogP contribution in [0.4, 0.5) is 5.69 Å². The number of nitrogens with zero attached hydrogens (tertiary/aromatic N) is 2. The van der Waals surface area contributed by atoms with E-state index < -0.39 is 5.56 Å². The molecule has 6 nitrogen and oxygen atoms in total. The number of hydrazone groups is 1. The van der Waals surface area contributed by atoms with Gasteiger partial charge in [0.25, 0.3) is 5.56 Å². The first-order valence-electron chi connectivity index (χ1n) is 7.61. The number of H-pyrrole nitrogens is 1. The summed E-state index contributed by atoms with van der Waals surface area (Å²) in [4.78, 5) is 11.3. The van der Waals surface area contributed by atoms with Crippen molar-refractivity contribution in [3.05, 3.63) is 86.3 Å². The third-order valence-electron chi connectivity index (χ3n) is 3.39. The first-order chi connectivity index (χ1) is 12.6. The highest BCUT2D eigenvalue weighted by Gasteiger charge is 2.03. The molecule has 3 rings (SSSR count). The van der Waals surface area contributed by atoms with Gasteiger partial charge in [0.1, 0.15) is 23.1 Å². The number of aromatic amines is 1. The maximum atomic E-state index is 11.3. The number of rotatable bonds is 6. The molecule has 0 fully saturated rings. The minimum atomic E-state index is -0.478. The quantitative estimate of drug-likeness (QED) is 0.492. The van der Waals surface area contributed by atoms with Gasteiger partial charge < -0.3 is 4.74 Å². The van der Waals surface area contributed by atoms with Crippen molar-refractivity contribution in [2.24, 2.45) is 5.10 Å². The Kier molecular flexibility index (Phi) is 5.88. The van der Waals surface area contributed by atoms with Crippen molar-refractivity contribution in [1.29, 1.82) is 0 Å². The second-order valence-electron chi connectivity index (χ2n) is 5.28. The SMILES string of the molecule is O=c1[nH]ncc(N/N=C/c2ccc(OCc3ccc(Cl)cc3)cc2)c1Cl. The van der Waals surface area contributed by atoms with Gasteiger partial charge in [0.2, 0.25) is 0 Å². The summed E-state index contributed by atoms with van der Waals surface area (Å²) >= 11 is 11.7. The van der Waals surface area contributed by atoms with Crippen molar-refractivity contribution in [1.82, 2.24) is 10.2 Å². The Morgan fingerprint density at radius 2 is 1.85 bits per heavy atom. The van der Waals surface area contributed by atoms with E-state index in [-0.39, 0.29) is 5.02 Å².